The monoisotopic (exact) mass is 326 g/mol. The van der Waals surface area contributed by atoms with Crippen molar-refractivity contribution in [1.29, 1.82) is 0 Å². The summed E-state index contributed by atoms with van der Waals surface area (Å²) < 4.78 is 14.5. The summed E-state index contributed by atoms with van der Waals surface area (Å²) in [5.41, 5.74) is 2.75. The Balaban J connectivity index is 1.94. The summed E-state index contributed by atoms with van der Waals surface area (Å²) in [5, 5.41) is 10.5. The molecule has 0 radical (unpaired) electrons. The molecule has 1 N–H and O–H groups in total. The summed E-state index contributed by atoms with van der Waals surface area (Å²) in [6.45, 7) is 4.98. The minimum Gasteiger partial charge on any atom is -0.343 e. The van der Waals surface area contributed by atoms with E-state index in [-0.39, 0.29) is 6.54 Å². The molecule has 3 aromatic rings. The number of allylic oxidation sites excluding steroid dienone is 1. The molecule has 3 rings (SSSR count). The van der Waals surface area contributed by atoms with Gasteiger partial charge in [-0.1, -0.05) is 0 Å². The molecule has 0 aromatic carbocycles. The Morgan fingerprint density at radius 2 is 2.25 bits per heavy atom. The smallest absolute Gasteiger partial charge is 0.143 e. The van der Waals surface area contributed by atoms with Gasteiger partial charge in [-0.05, 0) is 25.1 Å². The molecular formula is C17H19FN6. The molecular weight excluding hydrogens is 307 g/mol. The second-order valence-corrected chi connectivity index (χ2v) is 5.45. The van der Waals surface area contributed by atoms with Crippen LogP contribution in [0.15, 0.2) is 47.6 Å². The summed E-state index contributed by atoms with van der Waals surface area (Å²) in [6.07, 6.45) is 5.32. The van der Waals surface area contributed by atoms with Gasteiger partial charge in [-0.3, -0.25) is 9.99 Å². The van der Waals surface area contributed by atoms with Crippen molar-refractivity contribution in [3.63, 3.8) is 0 Å². The first-order chi connectivity index (χ1) is 11.6. The lowest BCUT2D eigenvalue weighted by atomic mass is 10.2. The number of hydrogen-bond acceptors (Lipinski definition) is 5. The first-order valence-electron chi connectivity index (χ1n) is 7.58. The molecule has 124 valence electrons. The first kappa shape index (κ1) is 15.9. The molecule has 0 bridgehead atoms. The van der Waals surface area contributed by atoms with E-state index in [2.05, 4.69) is 27.1 Å². The minimum absolute atomic E-state index is 0.172. The van der Waals surface area contributed by atoms with Crippen molar-refractivity contribution in [2.45, 2.75) is 6.92 Å². The second kappa shape index (κ2) is 6.66. The molecule has 7 heteroatoms. The molecule has 0 saturated carbocycles. The number of aromatic nitrogens is 3. The average molecular weight is 326 g/mol. The lowest BCUT2D eigenvalue weighted by molar-refractivity contribution is 0.339. The number of fused-ring (bicyclic) bond motifs is 3. The van der Waals surface area contributed by atoms with Crippen LogP contribution < -0.4 is 5.32 Å². The fraction of sp³-hybridized carbons (Fsp3) is 0.235. The number of rotatable bonds is 6. The third-order valence-corrected chi connectivity index (χ3v) is 3.81. The van der Waals surface area contributed by atoms with Crippen molar-refractivity contribution in [2.75, 3.05) is 18.5 Å². The van der Waals surface area contributed by atoms with Gasteiger partial charge in [0.15, 0.2) is 0 Å². The lowest BCUT2D eigenvalue weighted by Crippen LogP contribution is -2.14. The number of aryl methyl sites for hydroxylation is 1. The zero-order valence-electron chi connectivity index (χ0n) is 13.7. The number of hydrazone groups is 1. The van der Waals surface area contributed by atoms with Crippen LogP contribution in [-0.2, 0) is 7.05 Å². The van der Waals surface area contributed by atoms with Gasteiger partial charge < -0.3 is 9.88 Å². The van der Waals surface area contributed by atoms with Crippen LogP contribution >= 0.6 is 0 Å². The molecule has 3 aromatic heterocycles. The Kier molecular flexibility index (Phi) is 4.41. The quantitative estimate of drug-likeness (QED) is 0.558. The van der Waals surface area contributed by atoms with Crippen LogP contribution in [0.1, 0.15) is 6.92 Å². The molecule has 0 aliphatic rings. The van der Waals surface area contributed by atoms with E-state index in [4.69, 9.17) is 0 Å². The van der Waals surface area contributed by atoms with Gasteiger partial charge in [-0.15, -0.1) is 0 Å². The predicted octanol–water partition coefficient (Wildman–Crippen LogP) is 3.28. The van der Waals surface area contributed by atoms with Gasteiger partial charge in [-0.2, -0.15) is 5.10 Å². The van der Waals surface area contributed by atoms with Crippen LogP contribution in [0.4, 0.5) is 10.2 Å². The SMILES string of the molecule is C=NN(/C=C(\C)Nc1ccc2c3cnccc3n(C)c2n1)CCF. The van der Waals surface area contributed by atoms with Gasteiger partial charge in [0, 0.05) is 48.8 Å². The Labute approximate surface area is 139 Å². The Hall–Kier alpha value is -2.96. The zero-order valence-corrected chi connectivity index (χ0v) is 13.7. The number of hydrogen-bond donors (Lipinski definition) is 1. The van der Waals surface area contributed by atoms with Gasteiger partial charge in [0.05, 0.1) is 12.1 Å². The third-order valence-electron chi connectivity index (χ3n) is 3.81. The highest BCUT2D eigenvalue weighted by molar-refractivity contribution is 6.06. The van der Waals surface area contributed by atoms with E-state index in [0.29, 0.717) is 5.82 Å². The first-order valence-corrected chi connectivity index (χ1v) is 7.58. The van der Waals surface area contributed by atoms with E-state index in [1.165, 1.54) is 5.01 Å². The van der Waals surface area contributed by atoms with Crippen LogP contribution in [-0.4, -0.2) is 39.5 Å². The van der Waals surface area contributed by atoms with Crippen molar-refractivity contribution in [3.05, 3.63) is 42.5 Å². The minimum atomic E-state index is -0.489. The third kappa shape index (κ3) is 2.92. The van der Waals surface area contributed by atoms with Crippen LogP contribution in [0.2, 0.25) is 0 Å². The molecule has 0 aliphatic carbocycles. The van der Waals surface area contributed by atoms with Crippen molar-refractivity contribution in [1.82, 2.24) is 19.5 Å². The fourth-order valence-electron chi connectivity index (χ4n) is 2.71. The fourth-order valence-corrected chi connectivity index (χ4v) is 2.71. The van der Waals surface area contributed by atoms with Crippen LogP contribution in [0.25, 0.3) is 21.9 Å². The number of nitrogens with zero attached hydrogens (tertiary/aromatic N) is 5. The molecule has 0 spiro atoms. The maximum absolute atomic E-state index is 12.4. The van der Waals surface area contributed by atoms with E-state index in [0.717, 1.165) is 27.6 Å². The number of nitrogens with one attached hydrogen (secondary N) is 1. The van der Waals surface area contributed by atoms with Gasteiger partial charge in [-0.25, -0.2) is 9.37 Å². The zero-order chi connectivity index (χ0) is 17.1. The Morgan fingerprint density at radius 1 is 1.42 bits per heavy atom. The van der Waals surface area contributed by atoms with Crippen LogP contribution in [0, 0.1) is 0 Å². The average Bonchev–Trinajstić information content (AvgIpc) is 2.87. The molecule has 0 fully saturated rings. The van der Waals surface area contributed by atoms with Crippen molar-refractivity contribution >= 4 is 34.5 Å². The Bertz CT molecular complexity index is 914. The largest absolute Gasteiger partial charge is 0.343 e. The molecule has 0 atom stereocenters. The predicted molar refractivity (Wildman–Crippen MR) is 95.6 cm³/mol. The van der Waals surface area contributed by atoms with Gasteiger partial charge in [0.2, 0.25) is 0 Å². The Morgan fingerprint density at radius 3 is 3.00 bits per heavy atom. The van der Waals surface area contributed by atoms with Crippen LogP contribution in [0.3, 0.4) is 0 Å². The highest BCUT2D eigenvalue weighted by atomic mass is 19.1. The van der Waals surface area contributed by atoms with Gasteiger partial charge in [0.25, 0.3) is 0 Å². The molecule has 3 heterocycles. The lowest BCUT2D eigenvalue weighted by Gasteiger charge is -2.13. The van der Waals surface area contributed by atoms with E-state index in [9.17, 15) is 4.39 Å². The highest BCUT2D eigenvalue weighted by Gasteiger charge is 2.10. The van der Waals surface area contributed by atoms with E-state index in [1.807, 2.05) is 42.9 Å². The second-order valence-electron chi connectivity index (χ2n) is 5.45. The molecule has 0 aliphatic heterocycles. The molecule has 24 heavy (non-hydrogen) atoms. The van der Waals surface area contributed by atoms with E-state index >= 15 is 0 Å². The standard InChI is InChI=1S/C17H19FN6/c1-12(11-24(19-2)9-7-18)21-16-5-4-13-14-10-20-8-6-15(14)23(3)17(13)22-16/h4-6,8,10-11H,2,7,9H2,1,3H3,(H,21,22)/b12-11+. The summed E-state index contributed by atoms with van der Waals surface area (Å²) in [5.74, 6) is 0.708. The van der Waals surface area contributed by atoms with E-state index in [1.54, 1.807) is 12.4 Å². The van der Waals surface area contributed by atoms with Crippen molar-refractivity contribution < 1.29 is 4.39 Å². The van der Waals surface area contributed by atoms with E-state index < -0.39 is 6.67 Å². The summed E-state index contributed by atoms with van der Waals surface area (Å²) >= 11 is 0. The molecule has 6 nitrogen and oxygen atoms in total. The number of alkyl halides is 1. The maximum Gasteiger partial charge on any atom is 0.143 e. The summed E-state index contributed by atoms with van der Waals surface area (Å²) in [6, 6.07) is 5.90. The highest BCUT2D eigenvalue weighted by Crippen LogP contribution is 2.27. The van der Waals surface area contributed by atoms with Crippen molar-refractivity contribution in [3.8, 4) is 0 Å². The normalized spacial score (nSPS) is 11.9. The number of halogens is 1. The van der Waals surface area contributed by atoms with Crippen LogP contribution in [0.5, 0.6) is 0 Å². The summed E-state index contributed by atoms with van der Waals surface area (Å²) in [4.78, 5) is 8.86. The molecule has 0 saturated heterocycles. The topological polar surface area (TPSA) is 58.3 Å². The molecule has 0 unspecified atom stereocenters. The number of anilines is 1. The van der Waals surface area contributed by atoms with Gasteiger partial charge >= 0.3 is 0 Å². The maximum atomic E-state index is 12.4. The molecule has 0 amide bonds. The van der Waals surface area contributed by atoms with Gasteiger partial charge in [0.1, 0.15) is 18.1 Å². The summed E-state index contributed by atoms with van der Waals surface area (Å²) in [7, 11) is 1.98. The van der Waals surface area contributed by atoms with Crippen molar-refractivity contribution in [2.24, 2.45) is 12.1 Å². The number of pyridine rings is 2.